The molecule has 1 atom stereocenters. The first-order valence-corrected chi connectivity index (χ1v) is 5.51. The Kier molecular flexibility index (Phi) is 7.04. The summed E-state index contributed by atoms with van der Waals surface area (Å²) in [6.45, 7) is 0.942. The van der Waals surface area contributed by atoms with Crippen molar-refractivity contribution in [2.75, 3.05) is 20.3 Å². The van der Waals surface area contributed by atoms with Gasteiger partial charge in [-0.3, -0.25) is 0 Å². The van der Waals surface area contributed by atoms with Gasteiger partial charge in [0.05, 0.1) is 19.8 Å². The highest BCUT2D eigenvalue weighted by Gasteiger charge is 2.37. The number of benzene rings is 1. The van der Waals surface area contributed by atoms with E-state index in [0.29, 0.717) is 18.1 Å². The first kappa shape index (κ1) is 17.9. The Morgan fingerprint density at radius 1 is 1.37 bits per heavy atom. The first-order chi connectivity index (χ1) is 8.46. The third-order valence-corrected chi connectivity index (χ3v) is 2.51. The lowest BCUT2D eigenvalue weighted by Crippen LogP contribution is -2.36. The molecule has 0 aliphatic carbocycles. The van der Waals surface area contributed by atoms with Crippen molar-refractivity contribution in [3.8, 4) is 11.5 Å². The summed E-state index contributed by atoms with van der Waals surface area (Å²) in [4.78, 5) is 0. The molecule has 0 saturated heterocycles. The summed E-state index contributed by atoms with van der Waals surface area (Å²) in [5.74, 6) is -2.58. The zero-order chi connectivity index (χ0) is 13.8. The highest BCUT2D eigenvalue weighted by molar-refractivity contribution is 5.85. The summed E-state index contributed by atoms with van der Waals surface area (Å²) in [5, 5.41) is 8.61. The number of aliphatic hydroxyl groups excluding tert-OH is 1. The van der Waals surface area contributed by atoms with Gasteiger partial charge in [0, 0.05) is 0 Å². The molecule has 0 heterocycles. The van der Waals surface area contributed by atoms with Crippen molar-refractivity contribution in [1.29, 1.82) is 0 Å². The molecule has 3 N–H and O–H groups in total. The fourth-order valence-corrected chi connectivity index (χ4v) is 1.49. The lowest BCUT2D eigenvalue weighted by molar-refractivity contribution is -0.0712. The molecule has 0 radical (unpaired) electrons. The molecule has 0 bridgehead atoms. The van der Waals surface area contributed by atoms with Gasteiger partial charge < -0.3 is 20.3 Å². The van der Waals surface area contributed by atoms with Crippen LogP contribution in [-0.4, -0.2) is 31.4 Å². The van der Waals surface area contributed by atoms with E-state index in [-0.39, 0.29) is 18.0 Å². The minimum Gasteiger partial charge on any atom is -0.493 e. The predicted octanol–water partition coefficient (Wildman–Crippen LogP) is 2.14. The fourth-order valence-electron chi connectivity index (χ4n) is 1.49. The summed E-state index contributed by atoms with van der Waals surface area (Å²) in [5.41, 5.74) is 5.60. The summed E-state index contributed by atoms with van der Waals surface area (Å²) in [6.07, 6.45) is 0. The molecule has 0 unspecified atom stereocenters. The zero-order valence-electron chi connectivity index (χ0n) is 10.7. The predicted molar refractivity (Wildman–Crippen MR) is 70.4 cm³/mol. The maximum atomic E-state index is 13.3. The number of nitrogens with two attached hydrogens (primary N) is 1. The molecule has 0 saturated carbocycles. The van der Waals surface area contributed by atoms with Crippen molar-refractivity contribution in [1.82, 2.24) is 0 Å². The normalized spacial score (nSPS) is 12.5. The Balaban J connectivity index is 0.00000324. The average molecular weight is 298 g/mol. The Bertz CT molecular complexity index is 405. The van der Waals surface area contributed by atoms with Crippen molar-refractivity contribution in [2.24, 2.45) is 5.73 Å². The van der Waals surface area contributed by atoms with E-state index >= 15 is 0 Å². The van der Waals surface area contributed by atoms with Gasteiger partial charge in [0.1, 0.15) is 6.61 Å². The molecule has 1 aromatic carbocycles. The molecule has 0 amide bonds. The van der Waals surface area contributed by atoms with Crippen LogP contribution in [0.15, 0.2) is 18.2 Å². The van der Waals surface area contributed by atoms with E-state index in [2.05, 4.69) is 0 Å². The lowest BCUT2D eigenvalue weighted by atomic mass is 10.0. The second-order valence-corrected chi connectivity index (χ2v) is 3.74. The van der Waals surface area contributed by atoms with Crippen LogP contribution >= 0.6 is 12.4 Å². The topological polar surface area (TPSA) is 64.7 Å². The van der Waals surface area contributed by atoms with Gasteiger partial charge in [-0.1, -0.05) is 6.07 Å². The number of hydrogen-bond acceptors (Lipinski definition) is 4. The molecule has 0 aliphatic rings. The number of alkyl halides is 2. The van der Waals surface area contributed by atoms with Gasteiger partial charge in [-0.25, -0.2) is 8.78 Å². The molecule has 0 spiro atoms. The number of methoxy groups -OCH3 is 1. The van der Waals surface area contributed by atoms with E-state index < -0.39 is 18.6 Å². The van der Waals surface area contributed by atoms with E-state index in [4.69, 9.17) is 20.3 Å². The standard InChI is InChI=1S/C12H17F2NO3.ClH/c1-3-18-9-5-4-8(6-10(9)17-2)11(15)12(13,14)7-16;/h4-6,11,16H,3,7,15H2,1-2H3;1H/t11-;/m0./s1. The van der Waals surface area contributed by atoms with Gasteiger partial charge in [0.25, 0.3) is 5.92 Å². The first-order valence-electron chi connectivity index (χ1n) is 5.51. The van der Waals surface area contributed by atoms with Crippen LogP contribution in [0.3, 0.4) is 0 Å². The van der Waals surface area contributed by atoms with Crippen LogP contribution in [0.5, 0.6) is 11.5 Å². The molecular weight excluding hydrogens is 280 g/mol. The molecule has 1 aromatic rings. The summed E-state index contributed by atoms with van der Waals surface area (Å²) >= 11 is 0. The van der Waals surface area contributed by atoms with Gasteiger partial charge in [-0.15, -0.1) is 12.4 Å². The summed E-state index contributed by atoms with van der Waals surface area (Å²) in [7, 11) is 1.41. The fraction of sp³-hybridized carbons (Fsp3) is 0.500. The van der Waals surface area contributed by atoms with E-state index in [1.165, 1.54) is 25.3 Å². The smallest absolute Gasteiger partial charge is 0.289 e. The number of ether oxygens (including phenoxy) is 2. The van der Waals surface area contributed by atoms with E-state index in [1.807, 2.05) is 0 Å². The number of aliphatic hydroxyl groups is 1. The van der Waals surface area contributed by atoms with Crippen LogP contribution in [-0.2, 0) is 0 Å². The lowest BCUT2D eigenvalue weighted by Gasteiger charge is -2.22. The molecule has 0 aliphatic heterocycles. The third kappa shape index (κ3) is 4.19. The highest BCUT2D eigenvalue weighted by Crippen LogP contribution is 2.34. The van der Waals surface area contributed by atoms with Crippen molar-refractivity contribution < 1.29 is 23.4 Å². The highest BCUT2D eigenvalue weighted by atomic mass is 35.5. The van der Waals surface area contributed by atoms with Crippen LogP contribution in [0.2, 0.25) is 0 Å². The molecule has 7 heteroatoms. The second kappa shape index (κ2) is 7.47. The molecule has 4 nitrogen and oxygen atoms in total. The van der Waals surface area contributed by atoms with Crippen LogP contribution < -0.4 is 15.2 Å². The van der Waals surface area contributed by atoms with Crippen molar-refractivity contribution >= 4 is 12.4 Å². The maximum Gasteiger partial charge on any atom is 0.289 e. The number of hydrogen-bond donors (Lipinski definition) is 2. The average Bonchev–Trinajstić information content (AvgIpc) is 2.38. The molecular formula is C12H18ClF2NO3. The van der Waals surface area contributed by atoms with E-state index in [0.717, 1.165) is 0 Å². The van der Waals surface area contributed by atoms with E-state index in [1.54, 1.807) is 6.92 Å². The summed E-state index contributed by atoms with van der Waals surface area (Å²) in [6, 6.07) is 2.75. The maximum absolute atomic E-state index is 13.3. The monoisotopic (exact) mass is 297 g/mol. The second-order valence-electron chi connectivity index (χ2n) is 3.74. The van der Waals surface area contributed by atoms with Crippen molar-refractivity contribution in [3.05, 3.63) is 23.8 Å². The Morgan fingerprint density at radius 3 is 2.47 bits per heavy atom. The minimum absolute atomic E-state index is 0. The molecule has 19 heavy (non-hydrogen) atoms. The number of rotatable bonds is 6. The van der Waals surface area contributed by atoms with Crippen molar-refractivity contribution in [2.45, 2.75) is 18.9 Å². The van der Waals surface area contributed by atoms with Crippen LogP contribution in [0.1, 0.15) is 18.5 Å². The Hall–Kier alpha value is -1.11. The van der Waals surface area contributed by atoms with Gasteiger partial charge in [0.15, 0.2) is 11.5 Å². The van der Waals surface area contributed by atoms with Gasteiger partial charge >= 0.3 is 0 Å². The SMILES string of the molecule is CCOc1ccc([C@H](N)C(F)(F)CO)cc1OC.Cl. The largest absolute Gasteiger partial charge is 0.493 e. The molecule has 110 valence electrons. The number of halogens is 3. The van der Waals surface area contributed by atoms with Crippen LogP contribution in [0, 0.1) is 0 Å². The van der Waals surface area contributed by atoms with Crippen molar-refractivity contribution in [3.63, 3.8) is 0 Å². The molecule has 0 fully saturated rings. The van der Waals surface area contributed by atoms with Crippen LogP contribution in [0.4, 0.5) is 8.78 Å². The Labute approximate surface area is 116 Å². The van der Waals surface area contributed by atoms with Crippen LogP contribution in [0.25, 0.3) is 0 Å². The minimum atomic E-state index is -3.38. The third-order valence-electron chi connectivity index (χ3n) is 2.51. The summed E-state index contributed by atoms with van der Waals surface area (Å²) < 4.78 is 36.9. The van der Waals surface area contributed by atoms with Gasteiger partial charge in [0.2, 0.25) is 0 Å². The van der Waals surface area contributed by atoms with Gasteiger partial charge in [-0.05, 0) is 24.6 Å². The molecule has 1 rings (SSSR count). The van der Waals surface area contributed by atoms with Gasteiger partial charge in [-0.2, -0.15) is 0 Å². The zero-order valence-corrected chi connectivity index (χ0v) is 11.5. The Morgan fingerprint density at radius 2 is 2.00 bits per heavy atom. The molecule has 0 aromatic heterocycles. The van der Waals surface area contributed by atoms with E-state index in [9.17, 15) is 8.78 Å². The quantitative estimate of drug-likeness (QED) is 0.844.